The number of aromatic carboxylic acids is 1. The van der Waals surface area contributed by atoms with Crippen LogP contribution in [-0.4, -0.2) is 17.1 Å². The van der Waals surface area contributed by atoms with Gasteiger partial charge in [-0.05, 0) is 25.0 Å². The molecule has 1 unspecified atom stereocenters. The van der Waals surface area contributed by atoms with E-state index in [0.29, 0.717) is 11.6 Å². The number of rotatable bonds is 7. The van der Waals surface area contributed by atoms with E-state index in [1.54, 1.807) is 12.1 Å². The molecule has 0 aliphatic rings. The average molecular weight is 235 g/mol. The van der Waals surface area contributed by atoms with Crippen molar-refractivity contribution in [3.63, 3.8) is 0 Å². The molecule has 0 saturated heterocycles. The molecule has 3 heteroatoms. The first-order chi connectivity index (χ1) is 8.19. The largest absolute Gasteiger partial charge is 0.478 e. The summed E-state index contributed by atoms with van der Waals surface area (Å²) in [6, 6.07) is 7.44. The highest BCUT2D eigenvalue weighted by atomic mass is 16.4. The van der Waals surface area contributed by atoms with Crippen molar-refractivity contribution in [2.75, 3.05) is 5.32 Å². The third-order valence-corrected chi connectivity index (χ3v) is 2.92. The first kappa shape index (κ1) is 13.6. The zero-order valence-electron chi connectivity index (χ0n) is 10.6. The highest BCUT2D eigenvalue weighted by molar-refractivity contribution is 5.94. The van der Waals surface area contributed by atoms with Crippen LogP contribution in [0.2, 0.25) is 0 Å². The first-order valence-electron chi connectivity index (χ1n) is 6.27. The van der Waals surface area contributed by atoms with Crippen LogP contribution in [0.3, 0.4) is 0 Å². The second-order valence-corrected chi connectivity index (χ2v) is 4.24. The minimum Gasteiger partial charge on any atom is -0.478 e. The average Bonchev–Trinajstić information content (AvgIpc) is 2.34. The van der Waals surface area contributed by atoms with Crippen LogP contribution in [0.4, 0.5) is 5.69 Å². The number of hydrogen-bond donors (Lipinski definition) is 2. The van der Waals surface area contributed by atoms with E-state index >= 15 is 0 Å². The van der Waals surface area contributed by atoms with E-state index in [0.717, 1.165) is 18.5 Å². The lowest BCUT2D eigenvalue weighted by atomic mass is 10.1. The molecule has 0 fully saturated rings. The highest BCUT2D eigenvalue weighted by Gasteiger charge is 2.12. The van der Waals surface area contributed by atoms with Crippen molar-refractivity contribution < 1.29 is 9.90 Å². The standard InChI is InChI=1S/C14H21NO2/c1-3-5-8-11(4-2)15-13-10-7-6-9-12(13)14(16)17/h6-7,9-11,15H,3-5,8H2,1-2H3,(H,16,17). The number of hydrogen-bond acceptors (Lipinski definition) is 2. The van der Waals surface area contributed by atoms with Crippen molar-refractivity contribution in [3.05, 3.63) is 29.8 Å². The number of carboxylic acid groups (broad SMARTS) is 1. The van der Waals surface area contributed by atoms with E-state index < -0.39 is 5.97 Å². The molecule has 2 N–H and O–H groups in total. The summed E-state index contributed by atoms with van der Waals surface area (Å²) >= 11 is 0. The summed E-state index contributed by atoms with van der Waals surface area (Å²) in [5.74, 6) is -0.876. The van der Waals surface area contributed by atoms with Crippen LogP contribution in [0.15, 0.2) is 24.3 Å². The molecule has 0 aromatic heterocycles. The number of para-hydroxylation sites is 1. The van der Waals surface area contributed by atoms with Gasteiger partial charge in [-0.3, -0.25) is 0 Å². The molecule has 94 valence electrons. The van der Waals surface area contributed by atoms with Crippen LogP contribution in [0.25, 0.3) is 0 Å². The maximum absolute atomic E-state index is 11.1. The predicted molar refractivity (Wildman–Crippen MR) is 70.6 cm³/mol. The van der Waals surface area contributed by atoms with Gasteiger partial charge in [0.15, 0.2) is 0 Å². The number of benzene rings is 1. The summed E-state index contributed by atoms with van der Waals surface area (Å²) in [5.41, 5.74) is 1.07. The summed E-state index contributed by atoms with van der Waals surface area (Å²) in [4.78, 5) is 11.1. The molecule has 1 aromatic carbocycles. The lowest BCUT2D eigenvalue weighted by Crippen LogP contribution is -2.20. The number of carbonyl (C=O) groups is 1. The van der Waals surface area contributed by atoms with E-state index in [9.17, 15) is 4.79 Å². The van der Waals surface area contributed by atoms with Gasteiger partial charge >= 0.3 is 5.97 Å². The van der Waals surface area contributed by atoms with Crippen molar-refractivity contribution in [2.45, 2.75) is 45.6 Å². The molecule has 0 radical (unpaired) electrons. The van der Waals surface area contributed by atoms with Crippen LogP contribution < -0.4 is 5.32 Å². The normalized spacial score (nSPS) is 12.1. The fourth-order valence-corrected chi connectivity index (χ4v) is 1.84. The van der Waals surface area contributed by atoms with Crippen LogP contribution in [0, 0.1) is 0 Å². The fourth-order valence-electron chi connectivity index (χ4n) is 1.84. The topological polar surface area (TPSA) is 49.3 Å². The van der Waals surface area contributed by atoms with E-state index in [1.165, 1.54) is 12.8 Å². The third kappa shape index (κ3) is 4.10. The van der Waals surface area contributed by atoms with Crippen LogP contribution >= 0.6 is 0 Å². The monoisotopic (exact) mass is 235 g/mol. The van der Waals surface area contributed by atoms with Gasteiger partial charge in [-0.15, -0.1) is 0 Å². The molecule has 0 aliphatic heterocycles. The smallest absolute Gasteiger partial charge is 0.337 e. The molecule has 0 heterocycles. The molecule has 17 heavy (non-hydrogen) atoms. The summed E-state index contributed by atoms with van der Waals surface area (Å²) in [7, 11) is 0. The zero-order valence-corrected chi connectivity index (χ0v) is 10.6. The van der Waals surface area contributed by atoms with Gasteiger partial charge in [0.2, 0.25) is 0 Å². The van der Waals surface area contributed by atoms with E-state index in [-0.39, 0.29) is 0 Å². The Morgan fingerprint density at radius 1 is 1.35 bits per heavy atom. The maximum atomic E-state index is 11.1. The minimum absolute atomic E-state index is 0.349. The Hall–Kier alpha value is -1.51. The molecule has 0 aliphatic carbocycles. The Balaban J connectivity index is 2.75. The minimum atomic E-state index is -0.876. The number of unbranched alkanes of at least 4 members (excludes halogenated alkanes) is 1. The zero-order chi connectivity index (χ0) is 12.7. The second kappa shape index (κ2) is 6.94. The van der Waals surface area contributed by atoms with Gasteiger partial charge in [0.05, 0.1) is 5.56 Å². The number of carboxylic acids is 1. The van der Waals surface area contributed by atoms with Crippen molar-refractivity contribution in [3.8, 4) is 0 Å². The summed E-state index contributed by atoms with van der Waals surface area (Å²) in [6.07, 6.45) is 4.43. The molecular weight excluding hydrogens is 214 g/mol. The molecule has 1 rings (SSSR count). The van der Waals surface area contributed by atoms with E-state index in [2.05, 4.69) is 19.2 Å². The molecule has 0 spiro atoms. The highest BCUT2D eigenvalue weighted by Crippen LogP contribution is 2.18. The molecule has 0 bridgehead atoms. The van der Waals surface area contributed by atoms with Crippen LogP contribution in [0.1, 0.15) is 49.9 Å². The Labute approximate surface area is 103 Å². The lowest BCUT2D eigenvalue weighted by Gasteiger charge is -2.19. The van der Waals surface area contributed by atoms with Gasteiger partial charge in [0.1, 0.15) is 0 Å². The second-order valence-electron chi connectivity index (χ2n) is 4.24. The van der Waals surface area contributed by atoms with Crippen molar-refractivity contribution in [1.82, 2.24) is 0 Å². The molecule has 0 saturated carbocycles. The lowest BCUT2D eigenvalue weighted by molar-refractivity contribution is 0.0698. The molecule has 1 atom stereocenters. The summed E-state index contributed by atoms with van der Waals surface area (Å²) in [6.45, 7) is 4.29. The Kier molecular flexibility index (Phi) is 5.53. The SMILES string of the molecule is CCCCC(CC)Nc1ccccc1C(=O)O. The summed E-state index contributed by atoms with van der Waals surface area (Å²) in [5, 5.41) is 12.4. The van der Waals surface area contributed by atoms with Crippen molar-refractivity contribution >= 4 is 11.7 Å². The predicted octanol–water partition coefficient (Wildman–Crippen LogP) is 3.77. The van der Waals surface area contributed by atoms with Gasteiger partial charge < -0.3 is 10.4 Å². The number of nitrogens with one attached hydrogen (secondary N) is 1. The van der Waals surface area contributed by atoms with Crippen molar-refractivity contribution in [2.24, 2.45) is 0 Å². The Bertz CT molecular complexity index is 363. The van der Waals surface area contributed by atoms with Gasteiger partial charge in [-0.25, -0.2) is 4.79 Å². The quantitative estimate of drug-likeness (QED) is 0.756. The first-order valence-corrected chi connectivity index (χ1v) is 6.27. The Morgan fingerprint density at radius 3 is 2.65 bits per heavy atom. The molecule has 1 aromatic rings. The fraction of sp³-hybridized carbons (Fsp3) is 0.500. The van der Waals surface area contributed by atoms with Crippen LogP contribution in [0.5, 0.6) is 0 Å². The van der Waals surface area contributed by atoms with Gasteiger partial charge in [0, 0.05) is 11.7 Å². The third-order valence-electron chi connectivity index (χ3n) is 2.92. The van der Waals surface area contributed by atoms with Crippen LogP contribution in [-0.2, 0) is 0 Å². The van der Waals surface area contributed by atoms with E-state index in [1.807, 2.05) is 12.1 Å². The van der Waals surface area contributed by atoms with Gasteiger partial charge in [-0.1, -0.05) is 38.8 Å². The summed E-state index contributed by atoms with van der Waals surface area (Å²) < 4.78 is 0. The molecule has 3 nitrogen and oxygen atoms in total. The molecular formula is C14H21NO2. The Morgan fingerprint density at radius 2 is 2.06 bits per heavy atom. The van der Waals surface area contributed by atoms with Gasteiger partial charge in [0.25, 0.3) is 0 Å². The number of anilines is 1. The molecule has 0 amide bonds. The van der Waals surface area contributed by atoms with E-state index in [4.69, 9.17) is 5.11 Å². The van der Waals surface area contributed by atoms with Crippen molar-refractivity contribution in [1.29, 1.82) is 0 Å². The maximum Gasteiger partial charge on any atom is 0.337 e. The van der Waals surface area contributed by atoms with Gasteiger partial charge in [-0.2, -0.15) is 0 Å².